The summed E-state index contributed by atoms with van der Waals surface area (Å²) in [5.41, 5.74) is 1.41. The van der Waals surface area contributed by atoms with Gasteiger partial charge in [-0.05, 0) is 17.7 Å². The number of ether oxygens (including phenoxy) is 1. The van der Waals surface area contributed by atoms with Gasteiger partial charge in [0.2, 0.25) is 0 Å². The number of amides is 2. The Morgan fingerprint density at radius 2 is 1.52 bits per heavy atom. The Labute approximate surface area is 184 Å². The third kappa shape index (κ3) is 5.35. The van der Waals surface area contributed by atoms with Gasteiger partial charge in [0, 0.05) is 31.7 Å². The van der Waals surface area contributed by atoms with E-state index in [0.717, 1.165) is 32.7 Å². The van der Waals surface area contributed by atoms with Crippen molar-refractivity contribution in [3.63, 3.8) is 0 Å². The predicted molar refractivity (Wildman–Crippen MR) is 119 cm³/mol. The first-order valence-corrected chi connectivity index (χ1v) is 11.5. The maximum atomic E-state index is 12.8. The standard InChI is InChI=1S/C24H32N4O3/c1-2-31-24(30)28-16-14-27(15-17-28)23(29)19-26-12-10-25(11-13-26)18-21-8-5-7-20-6-3-4-9-22(20)21/h3-9H,2,10-19H2,1H3/p+2. The number of piperazine rings is 2. The zero-order valence-corrected chi connectivity index (χ0v) is 18.4. The number of rotatable bonds is 5. The van der Waals surface area contributed by atoms with Crippen molar-refractivity contribution < 1.29 is 24.1 Å². The van der Waals surface area contributed by atoms with Crippen molar-refractivity contribution in [1.82, 2.24) is 9.80 Å². The van der Waals surface area contributed by atoms with Gasteiger partial charge < -0.3 is 24.3 Å². The first kappa shape index (κ1) is 21.6. The molecule has 2 amide bonds. The second kappa shape index (κ2) is 10.1. The average molecular weight is 427 g/mol. The molecule has 2 aromatic rings. The molecular formula is C24H34N4O3+2. The lowest BCUT2D eigenvalue weighted by Gasteiger charge is -2.35. The molecule has 2 heterocycles. The molecule has 7 nitrogen and oxygen atoms in total. The van der Waals surface area contributed by atoms with E-state index >= 15 is 0 Å². The van der Waals surface area contributed by atoms with Crippen LogP contribution in [0, 0.1) is 0 Å². The molecule has 2 aromatic carbocycles. The molecule has 2 N–H and O–H groups in total. The molecule has 0 saturated carbocycles. The Balaban J connectivity index is 1.22. The van der Waals surface area contributed by atoms with E-state index in [4.69, 9.17) is 4.74 Å². The van der Waals surface area contributed by atoms with E-state index in [1.165, 1.54) is 21.2 Å². The molecule has 0 bridgehead atoms. The van der Waals surface area contributed by atoms with Crippen molar-refractivity contribution in [2.45, 2.75) is 13.5 Å². The first-order valence-electron chi connectivity index (χ1n) is 11.5. The minimum atomic E-state index is -0.273. The molecule has 2 aliphatic rings. The van der Waals surface area contributed by atoms with Gasteiger partial charge in [0.1, 0.15) is 32.7 Å². The summed E-state index contributed by atoms with van der Waals surface area (Å²) >= 11 is 0. The van der Waals surface area contributed by atoms with Crippen LogP contribution in [0.5, 0.6) is 0 Å². The normalized spacial score (nSPS) is 21.8. The Morgan fingerprint density at radius 1 is 0.871 bits per heavy atom. The molecular weight excluding hydrogens is 392 g/mol. The van der Waals surface area contributed by atoms with Crippen LogP contribution in [0.1, 0.15) is 12.5 Å². The molecule has 0 aliphatic carbocycles. The van der Waals surface area contributed by atoms with E-state index in [0.29, 0.717) is 39.3 Å². The van der Waals surface area contributed by atoms with Gasteiger partial charge in [-0.2, -0.15) is 0 Å². The first-order chi connectivity index (χ1) is 15.1. The van der Waals surface area contributed by atoms with Crippen LogP contribution in [0.2, 0.25) is 0 Å². The number of carbonyl (C=O) groups is 2. The summed E-state index contributed by atoms with van der Waals surface area (Å²) in [4.78, 5) is 31.1. The van der Waals surface area contributed by atoms with Crippen molar-refractivity contribution in [3.8, 4) is 0 Å². The van der Waals surface area contributed by atoms with Crippen molar-refractivity contribution in [2.24, 2.45) is 0 Å². The summed E-state index contributed by atoms with van der Waals surface area (Å²) in [6, 6.07) is 15.2. The molecule has 0 aromatic heterocycles. The molecule has 0 unspecified atom stereocenters. The van der Waals surface area contributed by atoms with Gasteiger partial charge in [-0.3, -0.25) is 4.79 Å². The maximum Gasteiger partial charge on any atom is 0.409 e. The summed E-state index contributed by atoms with van der Waals surface area (Å²) < 4.78 is 5.05. The lowest BCUT2D eigenvalue weighted by molar-refractivity contribution is -1.02. The molecule has 166 valence electrons. The average Bonchev–Trinajstić information content (AvgIpc) is 2.81. The Bertz CT molecular complexity index is 897. The molecule has 7 heteroatoms. The second-order valence-electron chi connectivity index (χ2n) is 8.56. The number of fused-ring (bicyclic) bond motifs is 1. The number of nitrogens with one attached hydrogen (secondary N) is 2. The second-order valence-corrected chi connectivity index (χ2v) is 8.56. The van der Waals surface area contributed by atoms with Crippen molar-refractivity contribution in [3.05, 3.63) is 48.0 Å². The maximum absolute atomic E-state index is 12.8. The highest BCUT2D eigenvalue weighted by Crippen LogP contribution is 2.17. The zero-order chi connectivity index (χ0) is 21.6. The molecule has 2 fully saturated rings. The van der Waals surface area contributed by atoms with Crippen LogP contribution in [0.4, 0.5) is 4.79 Å². The molecule has 4 rings (SSSR count). The third-order valence-corrected chi connectivity index (χ3v) is 6.54. The number of hydrogen-bond acceptors (Lipinski definition) is 3. The van der Waals surface area contributed by atoms with Crippen molar-refractivity contribution >= 4 is 22.8 Å². The Hall–Kier alpha value is -2.64. The van der Waals surface area contributed by atoms with Gasteiger partial charge in [-0.25, -0.2) is 4.79 Å². The lowest BCUT2D eigenvalue weighted by atomic mass is 10.0. The molecule has 0 radical (unpaired) electrons. The van der Waals surface area contributed by atoms with E-state index in [1.807, 2.05) is 11.8 Å². The van der Waals surface area contributed by atoms with Gasteiger partial charge in [0.25, 0.3) is 5.91 Å². The van der Waals surface area contributed by atoms with E-state index in [1.54, 1.807) is 9.80 Å². The molecule has 0 spiro atoms. The fourth-order valence-corrected chi connectivity index (χ4v) is 4.71. The lowest BCUT2D eigenvalue weighted by Crippen LogP contribution is -3.28. The van der Waals surface area contributed by atoms with Crippen LogP contribution in [0.3, 0.4) is 0 Å². The van der Waals surface area contributed by atoms with E-state index in [2.05, 4.69) is 42.5 Å². The zero-order valence-electron chi connectivity index (χ0n) is 18.4. The minimum Gasteiger partial charge on any atom is -0.450 e. The smallest absolute Gasteiger partial charge is 0.409 e. The van der Waals surface area contributed by atoms with Gasteiger partial charge in [0.15, 0.2) is 6.54 Å². The highest BCUT2D eigenvalue weighted by atomic mass is 16.6. The van der Waals surface area contributed by atoms with Gasteiger partial charge >= 0.3 is 6.09 Å². The number of hydrogen-bond donors (Lipinski definition) is 2. The largest absolute Gasteiger partial charge is 0.450 e. The highest BCUT2D eigenvalue weighted by Gasteiger charge is 2.29. The summed E-state index contributed by atoms with van der Waals surface area (Å²) in [5.74, 6) is 0.205. The summed E-state index contributed by atoms with van der Waals surface area (Å²) in [5, 5.41) is 2.65. The van der Waals surface area contributed by atoms with E-state index in [-0.39, 0.29) is 12.0 Å². The van der Waals surface area contributed by atoms with Crippen molar-refractivity contribution in [1.29, 1.82) is 0 Å². The number of benzene rings is 2. The van der Waals surface area contributed by atoms with Gasteiger partial charge in [0.05, 0.1) is 6.61 Å². The third-order valence-electron chi connectivity index (χ3n) is 6.54. The van der Waals surface area contributed by atoms with Crippen LogP contribution >= 0.6 is 0 Å². The van der Waals surface area contributed by atoms with Crippen LogP contribution in [-0.4, -0.2) is 87.3 Å². The minimum absolute atomic E-state index is 0.205. The molecule has 2 saturated heterocycles. The van der Waals surface area contributed by atoms with Gasteiger partial charge in [-0.1, -0.05) is 42.5 Å². The fourth-order valence-electron chi connectivity index (χ4n) is 4.71. The predicted octanol–water partition coefficient (Wildman–Crippen LogP) is -0.576. The molecule has 0 atom stereocenters. The SMILES string of the molecule is CCOC(=O)N1CCN(C(=O)C[NH+]2CC[NH+](Cc3cccc4ccccc34)CC2)CC1. The Morgan fingerprint density at radius 3 is 2.26 bits per heavy atom. The van der Waals surface area contributed by atoms with Crippen LogP contribution in [-0.2, 0) is 16.1 Å². The van der Waals surface area contributed by atoms with E-state index in [9.17, 15) is 9.59 Å². The summed E-state index contributed by atoms with van der Waals surface area (Å²) in [6.45, 7) is 10.3. The summed E-state index contributed by atoms with van der Waals surface area (Å²) in [7, 11) is 0. The summed E-state index contributed by atoms with van der Waals surface area (Å²) in [6.07, 6.45) is -0.273. The number of carbonyl (C=O) groups excluding carboxylic acids is 2. The van der Waals surface area contributed by atoms with E-state index < -0.39 is 0 Å². The van der Waals surface area contributed by atoms with Crippen LogP contribution in [0.15, 0.2) is 42.5 Å². The molecule has 31 heavy (non-hydrogen) atoms. The topological polar surface area (TPSA) is 58.7 Å². The van der Waals surface area contributed by atoms with Crippen LogP contribution in [0.25, 0.3) is 10.8 Å². The number of quaternary nitrogens is 2. The van der Waals surface area contributed by atoms with Crippen molar-refractivity contribution in [2.75, 3.05) is 65.5 Å². The Kier molecular flexibility index (Phi) is 7.04. The fraction of sp³-hybridized carbons (Fsp3) is 0.500. The highest BCUT2D eigenvalue weighted by molar-refractivity contribution is 5.85. The number of nitrogens with zero attached hydrogens (tertiary/aromatic N) is 2. The van der Waals surface area contributed by atoms with Crippen LogP contribution < -0.4 is 9.80 Å². The molecule has 2 aliphatic heterocycles. The van der Waals surface area contributed by atoms with Gasteiger partial charge in [-0.15, -0.1) is 0 Å². The quantitative estimate of drug-likeness (QED) is 0.673. The monoisotopic (exact) mass is 426 g/mol.